The van der Waals surface area contributed by atoms with Crippen LogP contribution in [0.5, 0.6) is 0 Å². The SMILES string of the molecule is CCC(C)(O)CNC(=O)C1CCCC(N)C1. The van der Waals surface area contributed by atoms with E-state index in [4.69, 9.17) is 5.73 Å². The Hall–Kier alpha value is -0.610. The van der Waals surface area contributed by atoms with E-state index in [0.29, 0.717) is 13.0 Å². The molecule has 0 aromatic heterocycles. The van der Waals surface area contributed by atoms with E-state index in [1.165, 1.54) is 0 Å². The molecule has 1 aliphatic rings. The van der Waals surface area contributed by atoms with E-state index in [2.05, 4.69) is 5.32 Å². The lowest BCUT2D eigenvalue weighted by atomic mass is 9.85. The van der Waals surface area contributed by atoms with Gasteiger partial charge in [-0.2, -0.15) is 0 Å². The number of rotatable bonds is 4. The fourth-order valence-electron chi connectivity index (χ4n) is 2.01. The molecular formula is C12H24N2O2. The first-order valence-corrected chi connectivity index (χ1v) is 6.20. The highest BCUT2D eigenvalue weighted by Crippen LogP contribution is 2.23. The summed E-state index contributed by atoms with van der Waals surface area (Å²) < 4.78 is 0. The molecule has 4 nitrogen and oxygen atoms in total. The summed E-state index contributed by atoms with van der Waals surface area (Å²) in [5.74, 6) is 0.0836. The number of nitrogens with two attached hydrogens (primary N) is 1. The van der Waals surface area contributed by atoms with E-state index in [1.54, 1.807) is 6.92 Å². The minimum atomic E-state index is -0.799. The number of hydrogen-bond donors (Lipinski definition) is 3. The summed E-state index contributed by atoms with van der Waals surface area (Å²) in [4.78, 5) is 11.8. The van der Waals surface area contributed by atoms with Crippen molar-refractivity contribution in [2.45, 2.75) is 57.6 Å². The maximum Gasteiger partial charge on any atom is 0.223 e. The van der Waals surface area contributed by atoms with E-state index in [1.807, 2.05) is 6.92 Å². The first-order valence-electron chi connectivity index (χ1n) is 6.20. The van der Waals surface area contributed by atoms with Gasteiger partial charge in [-0.3, -0.25) is 4.79 Å². The summed E-state index contributed by atoms with van der Waals surface area (Å²) in [5.41, 5.74) is 5.04. The van der Waals surface area contributed by atoms with E-state index >= 15 is 0 Å². The highest BCUT2D eigenvalue weighted by Gasteiger charge is 2.26. The molecule has 0 bridgehead atoms. The van der Waals surface area contributed by atoms with Gasteiger partial charge < -0.3 is 16.2 Å². The van der Waals surface area contributed by atoms with Gasteiger partial charge in [0.1, 0.15) is 0 Å². The highest BCUT2D eigenvalue weighted by atomic mass is 16.3. The number of carbonyl (C=O) groups excluding carboxylic acids is 1. The minimum absolute atomic E-state index is 0.0383. The molecule has 1 rings (SSSR count). The molecule has 0 aromatic carbocycles. The lowest BCUT2D eigenvalue weighted by Gasteiger charge is -2.28. The van der Waals surface area contributed by atoms with Crippen LogP contribution in [0, 0.1) is 5.92 Å². The largest absolute Gasteiger partial charge is 0.388 e. The van der Waals surface area contributed by atoms with Crippen LogP contribution in [0.1, 0.15) is 46.0 Å². The molecule has 0 aliphatic heterocycles. The molecule has 0 spiro atoms. The third-order valence-corrected chi connectivity index (χ3v) is 3.49. The van der Waals surface area contributed by atoms with Crippen molar-refractivity contribution < 1.29 is 9.90 Å². The molecule has 4 heteroatoms. The molecule has 0 heterocycles. The van der Waals surface area contributed by atoms with E-state index < -0.39 is 5.60 Å². The topological polar surface area (TPSA) is 75.3 Å². The normalized spacial score (nSPS) is 29.5. The van der Waals surface area contributed by atoms with Gasteiger partial charge >= 0.3 is 0 Å². The third kappa shape index (κ3) is 4.10. The summed E-state index contributed by atoms with van der Waals surface area (Å²) in [7, 11) is 0. The van der Waals surface area contributed by atoms with Crippen molar-refractivity contribution in [2.24, 2.45) is 11.7 Å². The van der Waals surface area contributed by atoms with Crippen LogP contribution in [0.2, 0.25) is 0 Å². The van der Waals surface area contributed by atoms with Crippen molar-refractivity contribution in [1.29, 1.82) is 0 Å². The Balaban J connectivity index is 2.34. The second-order valence-electron chi connectivity index (χ2n) is 5.19. The number of hydrogen-bond acceptors (Lipinski definition) is 3. The fourth-order valence-corrected chi connectivity index (χ4v) is 2.01. The number of nitrogens with one attached hydrogen (secondary N) is 1. The number of aliphatic hydroxyl groups is 1. The summed E-state index contributed by atoms with van der Waals surface area (Å²) in [6.45, 7) is 3.97. The van der Waals surface area contributed by atoms with Gasteiger partial charge in [0.15, 0.2) is 0 Å². The zero-order valence-electron chi connectivity index (χ0n) is 10.3. The van der Waals surface area contributed by atoms with Crippen LogP contribution >= 0.6 is 0 Å². The Bertz CT molecular complexity index is 241. The average Bonchev–Trinajstić information content (AvgIpc) is 2.26. The molecule has 4 N–H and O–H groups in total. The van der Waals surface area contributed by atoms with E-state index in [9.17, 15) is 9.90 Å². The van der Waals surface area contributed by atoms with Gasteiger partial charge in [-0.05, 0) is 32.6 Å². The summed E-state index contributed by atoms with van der Waals surface area (Å²) in [6, 6.07) is 0.163. The van der Waals surface area contributed by atoms with Crippen molar-refractivity contribution in [3.63, 3.8) is 0 Å². The van der Waals surface area contributed by atoms with Crippen molar-refractivity contribution >= 4 is 5.91 Å². The predicted octanol–water partition coefficient (Wildman–Crippen LogP) is 0.781. The molecule has 1 saturated carbocycles. The zero-order valence-corrected chi connectivity index (χ0v) is 10.3. The molecule has 94 valence electrons. The van der Waals surface area contributed by atoms with Crippen LogP contribution in [0.4, 0.5) is 0 Å². The first-order chi connectivity index (χ1) is 7.44. The Morgan fingerprint density at radius 3 is 2.81 bits per heavy atom. The van der Waals surface area contributed by atoms with Crippen LogP contribution in [0.15, 0.2) is 0 Å². The zero-order chi connectivity index (χ0) is 12.2. The molecule has 16 heavy (non-hydrogen) atoms. The second kappa shape index (κ2) is 5.64. The van der Waals surface area contributed by atoms with Crippen LogP contribution in [0.3, 0.4) is 0 Å². The Morgan fingerprint density at radius 1 is 1.56 bits per heavy atom. The van der Waals surface area contributed by atoms with E-state index in [-0.39, 0.29) is 17.9 Å². The number of carbonyl (C=O) groups is 1. The van der Waals surface area contributed by atoms with Gasteiger partial charge in [-0.15, -0.1) is 0 Å². The standard InChI is InChI=1S/C12H24N2O2/c1-3-12(2,16)8-14-11(15)9-5-4-6-10(13)7-9/h9-10,16H,3-8,13H2,1-2H3,(H,14,15). The van der Waals surface area contributed by atoms with Gasteiger partial charge in [0.2, 0.25) is 5.91 Å². The molecule has 3 unspecified atom stereocenters. The van der Waals surface area contributed by atoms with Gasteiger partial charge in [0, 0.05) is 18.5 Å². The molecule has 1 aliphatic carbocycles. The number of amides is 1. The Morgan fingerprint density at radius 2 is 2.25 bits per heavy atom. The molecule has 0 aromatic rings. The molecule has 1 amide bonds. The van der Waals surface area contributed by atoms with Crippen molar-refractivity contribution in [3.8, 4) is 0 Å². The average molecular weight is 228 g/mol. The Labute approximate surface area is 97.6 Å². The van der Waals surface area contributed by atoms with E-state index in [0.717, 1.165) is 25.7 Å². The van der Waals surface area contributed by atoms with Crippen LogP contribution in [-0.2, 0) is 4.79 Å². The lowest BCUT2D eigenvalue weighted by molar-refractivity contribution is -0.127. The van der Waals surface area contributed by atoms with Gasteiger partial charge in [0.05, 0.1) is 5.60 Å². The van der Waals surface area contributed by atoms with Crippen molar-refractivity contribution in [2.75, 3.05) is 6.54 Å². The molecule has 0 saturated heterocycles. The smallest absolute Gasteiger partial charge is 0.223 e. The lowest BCUT2D eigenvalue weighted by Crippen LogP contribution is -2.44. The monoisotopic (exact) mass is 228 g/mol. The highest BCUT2D eigenvalue weighted by molar-refractivity contribution is 5.78. The minimum Gasteiger partial charge on any atom is -0.388 e. The van der Waals surface area contributed by atoms with Crippen molar-refractivity contribution in [1.82, 2.24) is 5.32 Å². The second-order valence-corrected chi connectivity index (χ2v) is 5.19. The predicted molar refractivity (Wildman–Crippen MR) is 63.9 cm³/mol. The first kappa shape index (κ1) is 13.5. The van der Waals surface area contributed by atoms with Crippen molar-refractivity contribution in [3.05, 3.63) is 0 Å². The van der Waals surface area contributed by atoms with Gasteiger partial charge in [0.25, 0.3) is 0 Å². The maximum atomic E-state index is 11.8. The van der Waals surface area contributed by atoms with Gasteiger partial charge in [-0.1, -0.05) is 13.3 Å². The third-order valence-electron chi connectivity index (χ3n) is 3.49. The fraction of sp³-hybridized carbons (Fsp3) is 0.917. The van der Waals surface area contributed by atoms with Gasteiger partial charge in [-0.25, -0.2) is 0 Å². The quantitative estimate of drug-likeness (QED) is 0.665. The Kier molecular flexibility index (Phi) is 4.74. The molecule has 0 radical (unpaired) electrons. The van der Waals surface area contributed by atoms with Crippen LogP contribution in [0.25, 0.3) is 0 Å². The van der Waals surface area contributed by atoms with Crippen LogP contribution < -0.4 is 11.1 Å². The molecular weight excluding hydrogens is 204 g/mol. The maximum absolute atomic E-state index is 11.8. The summed E-state index contributed by atoms with van der Waals surface area (Å²) in [5, 5.41) is 12.6. The van der Waals surface area contributed by atoms with Crippen LogP contribution in [-0.4, -0.2) is 29.2 Å². The molecule has 3 atom stereocenters. The summed E-state index contributed by atoms with van der Waals surface area (Å²) in [6.07, 6.45) is 4.39. The molecule has 1 fully saturated rings. The summed E-state index contributed by atoms with van der Waals surface area (Å²) >= 11 is 0.